The van der Waals surface area contributed by atoms with E-state index in [4.69, 9.17) is 0 Å². The number of sulfonamides is 1. The fourth-order valence-corrected chi connectivity index (χ4v) is 4.70. The molecule has 3 atom stereocenters. The maximum atomic E-state index is 12.8. The molecule has 1 aromatic rings. The van der Waals surface area contributed by atoms with E-state index in [1.165, 1.54) is 9.21 Å². The lowest BCUT2D eigenvalue weighted by atomic mass is 9.72. The van der Waals surface area contributed by atoms with Gasteiger partial charge in [0, 0.05) is 35.6 Å². The molecule has 0 N–H and O–H groups in total. The van der Waals surface area contributed by atoms with Gasteiger partial charge in [-0.3, -0.25) is 4.90 Å². The summed E-state index contributed by atoms with van der Waals surface area (Å²) >= 11 is 3.34. The van der Waals surface area contributed by atoms with Crippen LogP contribution in [-0.2, 0) is 10.0 Å². The minimum Gasteiger partial charge on any atom is -0.285 e. The Bertz CT molecular complexity index is 679. The second-order valence-electron chi connectivity index (χ2n) is 6.08. The van der Waals surface area contributed by atoms with E-state index in [1.807, 2.05) is 24.3 Å². The third kappa shape index (κ3) is 3.42. The van der Waals surface area contributed by atoms with Gasteiger partial charge in [-0.1, -0.05) is 28.1 Å². The molecule has 2 bridgehead atoms. The van der Waals surface area contributed by atoms with Gasteiger partial charge in [-0.25, -0.2) is 8.42 Å². The first-order valence-electron chi connectivity index (χ1n) is 7.09. The summed E-state index contributed by atoms with van der Waals surface area (Å²) in [5, 5.41) is 0. The monoisotopic (exact) mass is 412 g/mol. The lowest BCUT2D eigenvalue weighted by molar-refractivity contribution is -0.189. The Hall–Kier alpha value is -0.640. The lowest BCUT2D eigenvalue weighted by Crippen LogP contribution is -2.74. The van der Waals surface area contributed by atoms with Gasteiger partial charge in [-0.15, -0.1) is 0 Å². The van der Waals surface area contributed by atoms with Crippen molar-refractivity contribution in [2.75, 3.05) is 25.9 Å². The molecule has 1 unspecified atom stereocenters. The highest BCUT2D eigenvalue weighted by molar-refractivity contribution is 9.10. The van der Waals surface area contributed by atoms with Gasteiger partial charge >= 0.3 is 6.18 Å². The zero-order valence-electron chi connectivity index (χ0n) is 12.3. The Morgan fingerprint density at radius 3 is 2.13 bits per heavy atom. The number of piperidine rings is 1. The Kier molecular flexibility index (Phi) is 4.27. The first-order chi connectivity index (χ1) is 10.6. The molecule has 3 aliphatic heterocycles. The summed E-state index contributed by atoms with van der Waals surface area (Å²) in [5.74, 6) is -0.0662. The molecule has 4 nitrogen and oxygen atoms in total. The molecule has 1 aromatic carbocycles. The molecule has 0 saturated carbocycles. The lowest BCUT2D eigenvalue weighted by Gasteiger charge is -2.61. The molecule has 3 heterocycles. The van der Waals surface area contributed by atoms with Gasteiger partial charge in [0.2, 0.25) is 10.0 Å². The van der Waals surface area contributed by atoms with Crippen LogP contribution in [0.25, 0.3) is 0 Å². The second kappa shape index (κ2) is 5.72. The molecular formula is C14H16BrF3N2O2S. The summed E-state index contributed by atoms with van der Waals surface area (Å²) < 4.78 is 63.9. The largest absolute Gasteiger partial charge is 0.401 e. The van der Waals surface area contributed by atoms with Crippen LogP contribution in [0.5, 0.6) is 0 Å². The van der Waals surface area contributed by atoms with Gasteiger partial charge < -0.3 is 0 Å². The van der Waals surface area contributed by atoms with E-state index >= 15 is 0 Å². The average Bonchev–Trinajstić information content (AvgIpc) is 2.43. The number of piperazine rings is 1. The summed E-state index contributed by atoms with van der Waals surface area (Å²) in [6.07, 6.45) is -3.19. The Morgan fingerprint density at radius 1 is 1.17 bits per heavy atom. The van der Waals surface area contributed by atoms with Crippen LogP contribution < -0.4 is 0 Å². The van der Waals surface area contributed by atoms with E-state index in [2.05, 4.69) is 15.9 Å². The highest BCUT2D eigenvalue weighted by atomic mass is 79.9. The number of benzene rings is 1. The fourth-order valence-electron chi connectivity index (χ4n) is 3.58. The minimum atomic E-state index is -4.28. The van der Waals surface area contributed by atoms with Crippen LogP contribution in [0.3, 0.4) is 0 Å². The molecule has 3 saturated heterocycles. The zero-order chi connectivity index (χ0) is 17.0. The normalized spacial score (nSPS) is 29.3. The summed E-state index contributed by atoms with van der Waals surface area (Å²) in [4.78, 5) is 1.38. The predicted molar refractivity (Wildman–Crippen MR) is 83.6 cm³/mol. The van der Waals surface area contributed by atoms with Crippen LogP contribution in [0.15, 0.2) is 28.7 Å². The maximum absolute atomic E-state index is 12.8. The molecule has 0 radical (unpaired) electrons. The number of rotatable bonds is 3. The molecule has 23 heavy (non-hydrogen) atoms. The molecule has 0 spiro atoms. The number of halogens is 4. The smallest absolute Gasteiger partial charge is 0.285 e. The number of fused-ring (bicyclic) bond motifs is 2. The predicted octanol–water partition coefficient (Wildman–Crippen LogP) is 2.42. The third-order valence-corrected chi connectivity index (χ3v) is 6.31. The molecule has 3 aliphatic rings. The van der Waals surface area contributed by atoms with E-state index < -0.39 is 34.8 Å². The highest BCUT2D eigenvalue weighted by Crippen LogP contribution is 2.46. The van der Waals surface area contributed by atoms with Gasteiger partial charge in [0.25, 0.3) is 0 Å². The SMILES string of the molecule is CS(=O)(=O)N1C[C@@H]2C(c3ccc(Br)cc3)[C@H](C1)N2CC(F)(F)F. The van der Waals surface area contributed by atoms with Crippen molar-refractivity contribution in [3.05, 3.63) is 34.3 Å². The van der Waals surface area contributed by atoms with Gasteiger partial charge in [0.05, 0.1) is 12.8 Å². The van der Waals surface area contributed by atoms with E-state index in [-0.39, 0.29) is 19.0 Å². The molecule has 0 aliphatic carbocycles. The van der Waals surface area contributed by atoms with Crippen molar-refractivity contribution in [2.45, 2.75) is 24.2 Å². The molecule has 4 rings (SSSR count). The van der Waals surface area contributed by atoms with Gasteiger partial charge in [-0.05, 0) is 17.7 Å². The second-order valence-corrected chi connectivity index (χ2v) is 8.98. The summed E-state index contributed by atoms with van der Waals surface area (Å²) in [6.45, 7) is -0.786. The number of hydrogen-bond acceptors (Lipinski definition) is 3. The maximum Gasteiger partial charge on any atom is 0.401 e. The van der Waals surface area contributed by atoms with E-state index in [0.717, 1.165) is 16.3 Å². The number of hydrogen-bond donors (Lipinski definition) is 0. The van der Waals surface area contributed by atoms with E-state index in [9.17, 15) is 21.6 Å². The molecule has 9 heteroatoms. The number of nitrogens with zero attached hydrogens (tertiary/aromatic N) is 2. The molecule has 0 aromatic heterocycles. The highest BCUT2D eigenvalue weighted by Gasteiger charge is 2.57. The van der Waals surface area contributed by atoms with Crippen LogP contribution >= 0.6 is 15.9 Å². The van der Waals surface area contributed by atoms with Crippen LogP contribution in [-0.4, -0.2) is 61.8 Å². The van der Waals surface area contributed by atoms with E-state index in [0.29, 0.717) is 0 Å². The summed E-state index contributed by atoms with van der Waals surface area (Å²) in [6, 6.07) is 6.60. The van der Waals surface area contributed by atoms with Gasteiger partial charge in [-0.2, -0.15) is 17.5 Å². The molecule has 0 amide bonds. The Balaban J connectivity index is 1.85. The molecule has 128 valence electrons. The van der Waals surface area contributed by atoms with Crippen molar-refractivity contribution >= 4 is 26.0 Å². The van der Waals surface area contributed by atoms with Crippen molar-refractivity contribution in [1.29, 1.82) is 0 Å². The molecule has 3 fully saturated rings. The quantitative estimate of drug-likeness (QED) is 0.765. The minimum absolute atomic E-state index is 0.0662. The van der Waals surface area contributed by atoms with Crippen molar-refractivity contribution in [1.82, 2.24) is 9.21 Å². The first kappa shape index (κ1) is 17.2. The fraction of sp³-hybridized carbons (Fsp3) is 0.571. The van der Waals surface area contributed by atoms with Gasteiger partial charge in [0.1, 0.15) is 0 Å². The van der Waals surface area contributed by atoms with Crippen molar-refractivity contribution in [2.24, 2.45) is 0 Å². The van der Waals surface area contributed by atoms with Crippen molar-refractivity contribution in [3.8, 4) is 0 Å². The zero-order valence-corrected chi connectivity index (χ0v) is 14.7. The molecular weight excluding hydrogens is 397 g/mol. The first-order valence-corrected chi connectivity index (χ1v) is 9.73. The van der Waals surface area contributed by atoms with Crippen molar-refractivity contribution < 1.29 is 21.6 Å². The van der Waals surface area contributed by atoms with Gasteiger partial charge in [0.15, 0.2) is 0 Å². The van der Waals surface area contributed by atoms with Crippen LogP contribution in [0.2, 0.25) is 0 Å². The van der Waals surface area contributed by atoms with Crippen LogP contribution in [0, 0.1) is 0 Å². The van der Waals surface area contributed by atoms with E-state index in [1.54, 1.807) is 0 Å². The summed E-state index contributed by atoms with van der Waals surface area (Å²) in [5.41, 5.74) is 0.953. The van der Waals surface area contributed by atoms with Crippen LogP contribution in [0.4, 0.5) is 13.2 Å². The Morgan fingerprint density at radius 2 is 1.70 bits per heavy atom. The standard InChI is InChI=1S/C14H16BrF3N2O2S/c1-23(21,22)19-6-11-13(9-2-4-10(15)5-3-9)12(7-19)20(11)8-14(16,17)18/h2-5,11-13H,6-8H2,1H3/t11-,12+,13?. The van der Waals surface area contributed by atoms with Crippen molar-refractivity contribution in [3.63, 3.8) is 0 Å². The number of alkyl halides is 3. The summed E-state index contributed by atoms with van der Waals surface area (Å²) in [7, 11) is -3.39. The van der Waals surface area contributed by atoms with Crippen LogP contribution in [0.1, 0.15) is 11.5 Å². The third-order valence-electron chi connectivity index (χ3n) is 4.55. The average molecular weight is 413 g/mol. The topological polar surface area (TPSA) is 40.6 Å². The Labute approximate surface area is 141 Å².